The molecule has 166 valence electrons. The second-order valence-corrected chi connectivity index (χ2v) is 7.65. The molecule has 2 heterocycles. The second kappa shape index (κ2) is 9.96. The van der Waals surface area contributed by atoms with Gasteiger partial charge in [0.2, 0.25) is 11.9 Å². The normalized spacial score (nSPS) is 11.7. The van der Waals surface area contributed by atoms with Gasteiger partial charge in [-0.2, -0.15) is 0 Å². The molecule has 1 aliphatic rings. The van der Waals surface area contributed by atoms with Crippen LogP contribution in [-0.4, -0.2) is 49.1 Å². The molecule has 2 amide bonds. The minimum Gasteiger partial charge on any atom is -0.497 e. The lowest BCUT2D eigenvalue weighted by atomic mass is 10.2. The summed E-state index contributed by atoms with van der Waals surface area (Å²) in [7, 11) is 1.55. The third kappa shape index (κ3) is 5.43. The van der Waals surface area contributed by atoms with Gasteiger partial charge in [0.05, 0.1) is 7.11 Å². The number of nitrogens with one attached hydrogen (secondary N) is 2. The van der Waals surface area contributed by atoms with E-state index >= 15 is 0 Å². The molecule has 3 aromatic rings. The van der Waals surface area contributed by atoms with Crippen molar-refractivity contribution in [1.29, 1.82) is 0 Å². The van der Waals surface area contributed by atoms with Crippen molar-refractivity contribution < 1.29 is 28.5 Å². The first-order valence-corrected chi connectivity index (χ1v) is 10.5. The van der Waals surface area contributed by atoms with Gasteiger partial charge in [0, 0.05) is 24.6 Å². The topological polar surface area (TPSA) is 121 Å². The standard InChI is InChI=1S/C21H20N4O6S/c1-28-14-4-2-3-13(9-14)20(27)22-8-7-19-24-25-21(32-19)23-18(26)11-29-15-5-6-16-17(10-15)31-12-30-16/h2-6,9-10H,7-8,11-12H2,1H3,(H,22,27)(H,23,25,26). The highest BCUT2D eigenvalue weighted by Gasteiger charge is 2.15. The lowest BCUT2D eigenvalue weighted by Gasteiger charge is -2.06. The summed E-state index contributed by atoms with van der Waals surface area (Å²) in [5, 5.41) is 14.5. The summed E-state index contributed by atoms with van der Waals surface area (Å²) in [5.41, 5.74) is 0.511. The Morgan fingerprint density at radius 1 is 1.09 bits per heavy atom. The maximum absolute atomic E-state index is 12.2. The zero-order chi connectivity index (χ0) is 22.3. The van der Waals surface area contributed by atoms with Gasteiger partial charge >= 0.3 is 0 Å². The Bertz CT molecular complexity index is 1120. The molecule has 0 atom stereocenters. The van der Waals surface area contributed by atoms with Crippen molar-refractivity contribution in [3.8, 4) is 23.0 Å². The fourth-order valence-corrected chi connectivity index (χ4v) is 3.58. The third-order valence-electron chi connectivity index (χ3n) is 4.38. The van der Waals surface area contributed by atoms with Crippen molar-refractivity contribution in [3.05, 3.63) is 53.0 Å². The summed E-state index contributed by atoms with van der Waals surface area (Å²) in [5.74, 6) is 1.76. The van der Waals surface area contributed by atoms with Gasteiger partial charge in [-0.3, -0.25) is 14.9 Å². The molecular weight excluding hydrogens is 436 g/mol. The van der Waals surface area contributed by atoms with Crippen LogP contribution in [-0.2, 0) is 11.2 Å². The largest absolute Gasteiger partial charge is 0.497 e. The maximum atomic E-state index is 12.2. The van der Waals surface area contributed by atoms with Crippen LogP contribution in [0.3, 0.4) is 0 Å². The zero-order valence-corrected chi connectivity index (χ0v) is 17.9. The quantitative estimate of drug-likeness (QED) is 0.503. The molecule has 1 aromatic heterocycles. The number of carbonyl (C=O) groups is 2. The van der Waals surface area contributed by atoms with Crippen LogP contribution in [0.25, 0.3) is 0 Å². The van der Waals surface area contributed by atoms with Gasteiger partial charge in [-0.05, 0) is 30.3 Å². The van der Waals surface area contributed by atoms with Crippen molar-refractivity contribution in [2.45, 2.75) is 6.42 Å². The molecular formula is C21H20N4O6S. The van der Waals surface area contributed by atoms with E-state index in [1.165, 1.54) is 11.3 Å². The van der Waals surface area contributed by atoms with Gasteiger partial charge in [0.15, 0.2) is 18.1 Å². The van der Waals surface area contributed by atoms with Crippen LogP contribution >= 0.6 is 11.3 Å². The van der Waals surface area contributed by atoms with E-state index in [4.69, 9.17) is 18.9 Å². The van der Waals surface area contributed by atoms with Crippen LogP contribution < -0.4 is 29.6 Å². The monoisotopic (exact) mass is 456 g/mol. The highest BCUT2D eigenvalue weighted by molar-refractivity contribution is 7.15. The molecule has 2 aromatic carbocycles. The fourth-order valence-electron chi connectivity index (χ4n) is 2.83. The fraction of sp³-hybridized carbons (Fsp3) is 0.238. The predicted octanol–water partition coefficient (Wildman–Crippen LogP) is 2.27. The van der Waals surface area contributed by atoms with Gasteiger partial charge in [-0.25, -0.2) is 0 Å². The van der Waals surface area contributed by atoms with E-state index in [1.54, 1.807) is 49.6 Å². The van der Waals surface area contributed by atoms with Crippen LogP contribution in [0.1, 0.15) is 15.4 Å². The molecule has 0 fully saturated rings. The van der Waals surface area contributed by atoms with Crippen molar-refractivity contribution in [2.24, 2.45) is 0 Å². The number of carbonyl (C=O) groups excluding carboxylic acids is 2. The van der Waals surface area contributed by atoms with E-state index < -0.39 is 0 Å². The van der Waals surface area contributed by atoms with E-state index in [-0.39, 0.29) is 25.2 Å². The molecule has 1 aliphatic heterocycles. The van der Waals surface area contributed by atoms with Gasteiger partial charge in [-0.1, -0.05) is 17.4 Å². The van der Waals surface area contributed by atoms with E-state index in [1.807, 2.05) is 0 Å². The average Bonchev–Trinajstić information content (AvgIpc) is 3.46. The van der Waals surface area contributed by atoms with Crippen LogP contribution in [0.15, 0.2) is 42.5 Å². The smallest absolute Gasteiger partial charge is 0.264 e. The lowest BCUT2D eigenvalue weighted by Crippen LogP contribution is -2.25. The van der Waals surface area contributed by atoms with Crippen LogP contribution in [0, 0.1) is 0 Å². The Balaban J connectivity index is 1.20. The number of benzene rings is 2. The Hall–Kier alpha value is -3.86. The van der Waals surface area contributed by atoms with Crippen molar-refractivity contribution in [3.63, 3.8) is 0 Å². The van der Waals surface area contributed by atoms with Crippen molar-refractivity contribution in [2.75, 3.05) is 32.4 Å². The van der Waals surface area contributed by atoms with E-state index in [0.29, 0.717) is 51.7 Å². The number of aromatic nitrogens is 2. The zero-order valence-electron chi connectivity index (χ0n) is 17.1. The molecule has 0 spiro atoms. The van der Waals surface area contributed by atoms with Gasteiger partial charge in [-0.15, -0.1) is 10.2 Å². The number of hydrogen-bond acceptors (Lipinski definition) is 9. The SMILES string of the molecule is COc1cccc(C(=O)NCCc2nnc(NC(=O)COc3ccc4c(c3)OCO4)s2)c1. The van der Waals surface area contributed by atoms with Gasteiger partial charge in [0.25, 0.3) is 11.8 Å². The first-order valence-electron chi connectivity index (χ1n) is 9.67. The Kier molecular flexibility index (Phi) is 6.66. The molecule has 4 rings (SSSR count). The van der Waals surface area contributed by atoms with Crippen LogP contribution in [0.2, 0.25) is 0 Å². The molecule has 0 bridgehead atoms. The second-order valence-electron chi connectivity index (χ2n) is 6.59. The van der Waals surface area contributed by atoms with E-state index in [9.17, 15) is 9.59 Å². The summed E-state index contributed by atoms with van der Waals surface area (Å²) in [6, 6.07) is 12.0. The van der Waals surface area contributed by atoms with Crippen LogP contribution in [0.4, 0.5) is 5.13 Å². The molecule has 0 radical (unpaired) electrons. The number of methoxy groups -OCH3 is 1. The van der Waals surface area contributed by atoms with Crippen molar-refractivity contribution >= 4 is 28.3 Å². The first kappa shape index (κ1) is 21.4. The molecule has 0 saturated heterocycles. The highest BCUT2D eigenvalue weighted by Crippen LogP contribution is 2.35. The highest BCUT2D eigenvalue weighted by atomic mass is 32.1. The summed E-state index contributed by atoms with van der Waals surface area (Å²) < 4.78 is 21.1. The summed E-state index contributed by atoms with van der Waals surface area (Å²) in [4.78, 5) is 24.3. The average molecular weight is 456 g/mol. The molecule has 32 heavy (non-hydrogen) atoms. The van der Waals surface area contributed by atoms with E-state index in [2.05, 4.69) is 20.8 Å². The molecule has 11 heteroatoms. The molecule has 2 N–H and O–H groups in total. The number of amides is 2. The molecule has 10 nitrogen and oxygen atoms in total. The number of rotatable bonds is 9. The summed E-state index contributed by atoms with van der Waals surface area (Å²) >= 11 is 1.24. The number of fused-ring (bicyclic) bond motifs is 1. The minimum absolute atomic E-state index is 0.170. The Labute approximate surface area is 187 Å². The van der Waals surface area contributed by atoms with Crippen molar-refractivity contribution in [1.82, 2.24) is 15.5 Å². The minimum atomic E-state index is -0.364. The van der Waals surface area contributed by atoms with Gasteiger partial charge in [0.1, 0.15) is 16.5 Å². The summed E-state index contributed by atoms with van der Waals surface area (Å²) in [6.45, 7) is 0.361. The summed E-state index contributed by atoms with van der Waals surface area (Å²) in [6.07, 6.45) is 0.483. The Morgan fingerprint density at radius 3 is 2.84 bits per heavy atom. The van der Waals surface area contributed by atoms with Crippen LogP contribution in [0.5, 0.6) is 23.0 Å². The number of anilines is 1. The molecule has 0 aliphatic carbocycles. The predicted molar refractivity (Wildman–Crippen MR) is 116 cm³/mol. The molecule has 0 unspecified atom stereocenters. The third-order valence-corrected chi connectivity index (χ3v) is 5.28. The lowest BCUT2D eigenvalue weighted by molar-refractivity contribution is -0.118. The van der Waals surface area contributed by atoms with E-state index in [0.717, 1.165) is 0 Å². The molecule has 0 saturated carbocycles. The Morgan fingerprint density at radius 2 is 1.97 bits per heavy atom. The maximum Gasteiger partial charge on any atom is 0.264 e. The first-order chi connectivity index (χ1) is 15.6. The number of hydrogen-bond donors (Lipinski definition) is 2. The number of ether oxygens (including phenoxy) is 4. The van der Waals surface area contributed by atoms with Gasteiger partial charge < -0.3 is 24.3 Å². The number of nitrogens with zero attached hydrogens (tertiary/aromatic N) is 2.